The Bertz CT molecular complexity index is 167. The van der Waals surface area contributed by atoms with Crippen molar-refractivity contribution >= 4 is 0 Å². The van der Waals surface area contributed by atoms with Crippen LogP contribution in [0.1, 0.15) is 13.3 Å². The lowest BCUT2D eigenvalue weighted by Crippen LogP contribution is -2.61. The third kappa shape index (κ3) is 2.08. The first kappa shape index (κ1) is 10.4. The van der Waals surface area contributed by atoms with E-state index >= 15 is 0 Å². The van der Waals surface area contributed by atoms with Gasteiger partial charge in [0.2, 0.25) is 0 Å². The van der Waals surface area contributed by atoms with Crippen molar-refractivity contribution in [2.45, 2.75) is 31.5 Å². The molecule has 0 spiro atoms. The van der Waals surface area contributed by atoms with Crippen LogP contribution in [0, 0.1) is 0 Å². The van der Waals surface area contributed by atoms with Gasteiger partial charge in [0.05, 0.1) is 38.5 Å². The third-order valence-electron chi connectivity index (χ3n) is 3.15. The van der Waals surface area contributed by atoms with Gasteiger partial charge in [-0.2, -0.15) is 0 Å². The van der Waals surface area contributed by atoms with Crippen LogP contribution in [0.3, 0.4) is 0 Å². The van der Waals surface area contributed by atoms with Gasteiger partial charge in [0.15, 0.2) is 0 Å². The number of rotatable bonds is 3. The van der Waals surface area contributed by atoms with Crippen LogP contribution < -0.4 is 5.73 Å². The average Bonchev–Trinajstić information content (AvgIpc) is 2.17. The van der Waals surface area contributed by atoms with Gasteiger partial charge in [-0.1, -0.05) is 6.92 Å². The highest BCUT2D eigenvalue weighted by Crippen LogP contribution is 2.19. The Hall–Kier alpha value is -0.160. The summed E-state index contributed by atoms with van der Waals surface area (Å²) in [5, 5.41) is 0. The van der Waals surface area contributed by atoms with Crippen molar-refractivity contribution in [2.75, 3.05) is 33.0 Å². The molecule has 2 aliphatic heterocycles. The van der Waals surface area contributed by atoms with E-state index in [2.05, 4.69) is 11.8 Å². The summed E-state index contributed by atoms with van der Waals surface area (Å²) in [5.74, 6) is 0. The summed E-state index contributed by atoms with van der Waals surface area (Å²) >= 11 is 0. The van der Waals surface area contributed by atoms with Crippen molar-refractivity contribution in [2.24, 2.45) is 5.73 Å². The molecule has 0 aromatic heterocycles. The molecule has 4 nitrogen and oxygen atoms in total. The Balaban J connectivity index is 1.94. The van der Waals surface area contributed by atoms with Crippen LogP contribution in [0.5, 0.6) is 0 Å². The van der Waals surface area contributed by atoms with Crippen LogP contribution >= 0.6 is 0 Å². The maximum absolute atomic E-state index is 5.98. The van der Waals surface area contributed by atoms with Gasteiger partial charge in [0, 0.05) is 12.6 Å². The largest absolute Gasteiger partial charge is 0.378 e. The molecule has 4 heteroatoms. The highest BCUT2D eigenvalue weighted by atomic mass is 16.5. The van der Waals surface area contributed by atoms with Crippen LogP contribution in [-0.4, -0.2) is 56.0 Å². The molecular formula is C10H20N2O2. The fourth-order valence-corrected chi connectivity index (χ4v) is 2.16. The van der Waals surface area contributed by atoms with E-state index in [1.54, 1.807) is 0 Å². The zero-order valence-electron chi connectivity index (χ0n) is 8.82. The molecule has 0 aromatic carbocycles. The van der Waals surface area contributed by atoms with Gasteiger partial charge in [-0.05, 0) is 6.42 Å². The van der Waals surface area contributed by atoms with Crippen LogP contribution in [0.25, 0.3) is 0 Å². The molecule has 0 unspecified atom stereocenters. The summed E-state index contributed by atoms with van der Waals surface area (Å²) in [7, 11) is 0. The molecule has 2 heterocycles. The number of nitrogens with two attached hydrogens (primary N) is 1. The average molecular weight is 200 g/mol. The molecule has 82 valence electrons. The molecule has 0 aliphatic carbocycles. The van der Waals surface area contributed by atoms with Crippen LogP contribution in [0.4, 0.5) is 0 Å². The summed E-state index contributed by atoms with van der Waals surface area (Å²) in [4.78, 5) is 2.47. The van der Waals surface area contributed by atoms with Gasteiger partial charge >= 0.3 is 0 Å². The highest BCUT2D eigenvalue weighted by molar-refractivity contribution is 4.88. The lowest BCUT2D eigenvalue weighted by molar-refractivity contribution is -0.138. The van der Waals surface area contributed by atoms with E-state index in [0.29, 0.717) is 12.1 Å². The summed E-state index contributed by atoms with van der Waals surface area (Å²) in [5.41, 5.74) is 5.98. The van der Waals surface area contributed by atoms with E-state index in [0.717, 1.165) is 39.4 Å². The molecule has 2 N–H and O–H groups in total. The molecule has 0 amide bonds. The van der Waals surface area contributed by atoms with E-state index < -0.39 is 0 Å². The van der Waals surface area contributed by atoms with Gasteiger partial charge in [-0.3, -0.25) is 4.90 Å². The molecule has 2 saturated heterocycles. The van der Waals surface area contributed by atoms with Crippen molar-refractivity contribution in [3.8, 4) is 0 Å². The summed E-state index contributed by atoms with van der Waals surface area (Å²) < 4.78 is 11.0. The van der Waals surface area contributed by atoms with Crippen molar-refractivity contribution in [1.29, 1.82) is 0 Å². The molecule has 1 atom stereocenters. The molecule has 2 fully saturated rings. The molecule has 14 heavy (non-hydrogen) atoms. The minimum Gasteiger partial charge on any atom is -0.378 e. The number of hydrogen-bond acceptors (Lipinski definition) is 4. The second-order valence-corrected chi connectivity index (χ2v) is 4.25. The number of fused-ring (bicyclic) bond motifs is 2. The van der Waals surface area contributed by atoms with Crippen molar-refractivity contribution in [1.82, 2.24) is 4.90 Å². The Labute approximate surface area is 85.3 Å². The topological polar surface area (TPSA) is 47.7 Å². The normalized spacial score (nSPS) is 35.6. The number of hydrogen-bond donors (Lipinski definition) is 1. The van der Waals surface area contributed by atoms with Gasteiger partial charge in [0.1, 0.15) is 0 Å². The molecule has 2 bridgehead atoms. The van der Waals surface area contributed by atoms with E-state index in [4.69, 9.17) is 15.2 Å². The summed E-state index contributed by atoms with van der Waals surface area (Å²) in [6, 6.07) is 1.15. The first-order valence-corrected chi connectivity index (χ1v) is 5.48. The minimum atomic E-state index is 0.288. The number of ether oxygens (including phenoxy) is 2. The summed E-state index contributed by atoms with van der Waals surface area (Å²) in [6.07, 6.45) is 1.04. The van der Waals surface area contributed by atoms with Crippen molar-refractivity contribution in [3.63, 3.8) is 0 Å². The van der Waals surface area contributed by atoms with Crippen molar-refractivity contribution < 1.29 is 9.47 Å². The monoisotopic (exact) mass is 200 g/mol. The van der Waals surface area contributed by atoms with Crippen LogP contribution in [-0.2, 0) is 9.47 Å². The van der Waals surface area contributed by atoms with Crippen LogP contribution in [0.2, 0.25) is 0 Å². The predicted octanol–water partition coefficient (Wildman–Crippen LogP) is -0.177. The van der Waals surface area contributed by atoms with Gasteiger partial charge in [-0.25, -0.2) is 0 Å². The van der Waals surface area contributed by atoms with Gasteiger partial charge < -0.3 is 15.2 Å². The first-order valence-electron chi connectivity index (χ1n) is 5.48. The Morgan fingerprint density at radius 1 is 1.21 bits per heavy atom. The van der Waals surface area contributed by atoms with Gasteiger partial charge in [0.25, 0.3) is 0 Å². The van der Waals surface area contributed by atoms with E-state index in [1.165, 1.54) is 0 Å². The van der Waals surface area contributed by atoms with Crippen molar-refractivity contribution in [3.05, 3.63) is 0 Å². The van der Waals surface area contributed by atoms with E-state index in [-0.39, 0.29) is 6.04 Å². The molecular weight excluding hydrogens is 180 g/mol. The molecule has 2 rings (SSSR count). The molecule has 2 aliphatic rings. The zero-order chi connectivity index (χ0) is 9.97. The second-order valence-electron chi connectivity index (χ2n) is 4.25. The first-order chi connectivity index (χ1) is 6.81. The quantitative estimate of drug-likeness (QED) is 0.687. The fraction of sp³-hybridized carbons (Fsp3) is 1.00. The smallest absolute Gasteiger partial charge is 0.0645 e. The standard InChI is InChI=1S/C10H20N2O2/c1-2-8(11)3-12-9-4-13-6-10(12)7-14-5-9/h8-10H,2-7,11H2,1H3/t8-,9?,10?/m1/s1. The Morgan fingerprint density at radius 3 is 2.14 bits per heavy atom. The van der Waals surface area contributed by atoms with E-state index in [9.17, 15) is 0 Å². The van der Waals surface area contributed by atoms with Gasteiger partial charge in [-0.15, -0.1) is 0 Å². The number of morpholine rings is 2. The maximum atomic E-state index is 5.98. The molecule has 0 aromatic rings. The Morgan fingerprint density at radius 2 is 1.71 bits per heavy atom. The maximum Gasteiger partial charge on any atom is 0.0645 e. The molecule has 0 radical (unpaired) electrons. The lowest BCUT2D eigenvalue weighted by Gasteiger charge is -2.46. The zero-order valence-corrected chi connectivity index (χ0v) is 8.82. The predicted molar refractivity (Wildman–Crippen MR) is 54.2 cm³/mol. The Kier molecular flexibility index (Phi) is 3.38. The minimum absolute atomic E-state index is 0.288. The van der Waals surface area contributed by atoms with Crippen LogP contribution in [0.15, 0.2) is 0 Å². The van der Waals surface area contributed by atoms with E-state index in [1.807, 2.05) is 0 Å². The molecule has 0 saturated carbocycles. The fourth-order valence-electron chi connectivity index (χ4n) is 2.16. The third-order valence-corrected chi connectivity index (χ3v) is 3.15. The number of nitrogens with zero attached hydrogens (tertiary/aromatic N) is 1. The lowest BCUT2D eigenvalue weighted by atomic mass is 10.1. The summed E-state index contributed by atoms with van der Waals surface area (Å²) in [6.45, 7) is 6.32. The second kappa shape index (κ2) is 4.57. The highest BCUT2D eigenvalue weighted by Gasteiger charge is 2.35. The SMILES string of the molecule is CC[C@@H](N)CN1C2COCC1COC2.